The first-order valence-corrected chi connectivity index (χ1v) is 4.62. The number of benzene rings is 1. The fourth-order valence-electron chi connectivity index (χ4n) is 1.29. The van der Waals surface area contributed by atoms with Crippen LogP contribution in [0.3, 0.4) is 0 Å². The van der Waals surface area contributed by atoms with E-state index in [9.17, 15) is 18.0 Å². The van der Waals surface area contributed by atoms with Crippen LogP contribution >= 0.6 is 0 Å². The molecule has 16 heavy (non-hydrogen) atoms. The van der Waals surface area contributed by atoms with E-state index in [1.807, 2.05) is 0 Å². The summed E-state index contributed by atoms with van der Waals surface area (Å²) in [7, 11) is 0. The predicted molar refractivity (Wildman–Crippen MR) is 51.4 cm³/mol. The first-order valence-electron chi connectivity index (χ1n) is 4.62. The SMILES string of the molecule is CC(Cc1ccc(C(F)(F)F)cc1)O[C]=O. The molecule has 0 aliphatic heterocycles. The highest BCUT2D eigenvalue weighted by Crippen LogP contribution is 2.29. The molecule has 0 aliphatic carbocycles. The molecular formula is C11H10F3O2. The van der Waals surface area contributed by atoms with Gasteiger partial charge in [-0.25, -0.2) is 4.79 Å². The van der Waals surface area contributed by atoms with E-state index in [1.54, 1.807) is 6.92 Å². The van der Waals surface area contributed by atoms with Crippen molar-refractivity contribution in [2.24, 2.45) is 0 Å². The van der Waals surface area contributed by atoms with E-state index in [-0.39, 0.29) is 0 Å². The number of hydrogen-bond donors (Lipinski definition) is 0. The second-order valence-corrected chi connectivity index (χ2v) is 3.41. The zero-order chi connectivity index (χ0) is 12.2. The molecule has 1 aromatic carbocycles. The second-order valence-electron chi connectivity index (χ2n) is 3.41. The van der Waals surface area contributed by atoms with Gasteiger partial charge in [0.25, 0.3) is 0 Å². The summed E-state index contributed by atoms with van der Waals surface area (Å²) in [5.41, 5.74) is -0.0116. The molecule has 1 radical (unpaired) electrons. The van der Waals surface area contributed by atoms with Crippen LogP contribution in [0.1, 0.15) is 18.1 Å². The van der Waals surface area contributed by atoms with Crippen LogP contribution in [0.4, 0.5) is 13.2 Å². The molecule has 0 saturated heterocycles. The Labute approximate surface area is 91.0 Å². The molecule has 0 aromatic heterocycles. The van der Waals surface area contributed by atoms with Gasteiger partial charge in [0.1, 0.15) is 6.10 Å². The van der Waals surface area contributed by atoms with Crippen molar-refractivity contribution in [1.82, 2.24) is 0 Å². The van der Waals surface area contributed by atoms with E-state index in [0.717, 1.165) is 12.1 Å². The van der Waals surface area contributed by atoms with Gasteiger partial charge in [0.05, 0.1) is 5.56 Å². The zero-order valence-electron chi connectivity index (χ0n) is 8.54. The van der Waals surface area contributed by atoms with Gasteiger partial charge in [-0.15, -0.1) is 0 Å². The smallest absolute Gasteiger partial charge is 0.417 e. The third kappa shape index (κ3) is 3.56. The van der Waals surface area contributed by atoms with Crippen LogP contribution in [0.25, 0.3) is 0 Å². The summed E-state index contributed by atoms with van der Waals surface area (Å²) in [6, 6.07) is 4.75. The Balaban J connectivity index is 2.68. The number of carbonyl (C=O) groups excluding carboxylic acids is 1. The quantitative estimate of drug-likeness (QED) is 0.796. The lowest BCUT2D eigenvalue weighted by Crippen LogP contribution is -2.11. The lowest BCUT2D eigenvalue weighted by atomic mass is 10.1. The van der Waals surface area contributed by atoms with Crippen LogP contribution in [0.5, 0.6) is 0 Å². The minimum Gasteiger partial charge on any atom is -0.454 e. The second kappa shape index (κ2) is 5.01. The monoisotopic (exact) mass is 231 g/mol. The third-order valence-electron chi connectivity index (χ3n) is 2.05. The molecule has 0 fully saturated rings. The standard InChI is InChI=1S/C11H10F3O2/c1-8(16-7-15)6-9-2-4-10(5-3-9)11(12,13)14/h2-5,8H,6H2,1H3. The Hall–Kier alpha value is -1.52. The van der Waals surface area contributed by atoms with Gasteiger partial charge in [-0.2, -0.15) is 13.2 Å². The number of rotatable bonds is 4. The lowest BCUT2D eigenvalue weighted by Gasteiger charge is -2.10. The van der Waals surface area contributed by atoms with Crippen LogP contribution in [0, 0.1) is 0 Å². The summed E-state index contributed by atoms with van der Waals surface area (Å²) in [6.07, 6.45) is -4.35. The Morgan fingerprint density at radius 3 is 2.31 bits per heavy atom. The van der Waals surface area contributed by atoms with E-state index in [2.05, 4.69) is 4.74 Å². The third-order valence-corrected chi connectivity index (χ3v) is 2.05. The molecule has 0 spiro atoms. The molecule has 0 saturated carbocycles. The topological polar surface area (TPSA) is 26.3 Å². The first-order chi connectivity index (χ1) is 7.43. The summed E-state index contributed by atoms with van der Waals surface area (Å²) in [6.45, 7) is 2.93. The van der Waals surface area contributed by atoms with Gasteiger partial charge in [0.15, 0.2) is 0 Å². The molecule has 1 rings (SSSR count). The maximum atomic E-state index is 12.2. The van der Waals surface area contributed by atoms with Gasteiger partial charge >= 0.3 is 12.6 Å². The normalized spacial score (nSPS) is 13.2. The van der Waals surface area contributed by atoms with Crippen LogP contribution in [-0.4, -0.2) is 12.6 Å². The Morgan fingerprint density at radius 1 is 1.31 bits per heavy atom. The molecule has 87 valence electrons. The summed E-state index contributed by atoms with van der Waals surface area (Å²) < 4.78 is 41.2. The summed E-state index contributed by atoms with van der Waals surface area (Å²) >= 11 is 0. The van der Waals surface area contributed by atoms with Gasteiger partial charge < -0.3 is 4.74 Å². The highest BCUT2D eigenvalue weighted by molar-refractivity contribution is 5.38. The Bertz CT molecular complexity index is 343. The molecule has 1 unspecified atom stereocenters. The zero-order valence-corrected chi connectivity index (χ0v) is 8.54. The van der Waals surface area contributed by atoms with Crippen LogP contribution in [-0.2, 0) is 22.1 Å². The van der Waals surface area contributed by atoms with Gasteiger partial charge in [0.2, 0.25) is 0 Å². The summed E-state index contributed by atoms with van der Waals surface area (Å²) in [4.78, 5) is 9.90. The number of alkyl halides is 3. The molecule has 0 heterocycles. The number of ether oxygens (including phenoxy) is 1. The molecule has 2 nitrogen and oxygen atoms in total. The minimum atomic E-state index is -4.32. The average molecular weight is 231 g/mol. The van der Waals surface area contributed by atoms with E-state index < -0.39 is 17.8 Å². The van der Waals surface area contributed by atoms with Crippen molar-refractivity contribution in [1.29, 1.82) is 0 Å². The molecular weight excluding hydrogens is 221 g/mol. The molecule has 1 atom stereocenters. The van der Waals surface area contributed by atoms with Crippen LogP contribution in [0.15, 0.2) is 24.3 Å². The van der Waals surface area contributed by atoms with Gasteiger partial charge in [-0.3, -0.25) is 0 Å². The van der Waals surface area contributed by atoms with Crippen molar-refractivity contribution < 1.29 is 22.7 Å². The Kier molecular flexibility index (Phi) is 3.93. The van der Waals surface area contributed by atoms with Crippen molar-refractivity contribution in [3.8, 4) is 0 Å². The van der Waals surface area contributed by atoms with Crippen molar-refractivity contribution in [3.63, 3.8) is 0 Å². The predicted octanol–water partition coefficient (Wildman–Crippen LogP) is 2.72. The molecule has 0 N–H and O–H groups in total. The maximum absolute atomic E-state index is 12.2. The fraction of sp³-hybridized carbons (Fsp3) is 0.364. The van der Waals surface area contributed by atoms with E-state index >= 15 is 0 Å². The lowest BCUT2D eigenvalue weighted by molar-refractivity contribution is -0.137. The molecule has 0 bridgehead atoms. The molecule has 0 amide bonds. The number of halogens is 3. The van der Waals surface area contributed by atoms with Gasteiger partial charge in [0, 0.05) is 6.42 Å². The van der Waals surface area contributed by atoms with Crippen LogP contribution < -0.4 is 0 Å². The highest BCUT2D eigenvalue weighted by atomic mass is 19.4. The van der Waals surface area contributed by atoms with Crippen molar-refractivity contribution in [3.05, 3.63) is 35.4 Å². The maximum Gasteiger partial charge on any atom is 0.417 e. The fourth-order valence-corrected chi connectivity index (χ4v) is 1.29. The van der Waals surface area contributed by atoms with E-state index in [1.165, 1.54) is 18.6 Å². The highest BCUT2D eigenvalue weighted by Gasteiger charge is 2.29. The first kappa shape index (κ1) is 12.5. The largest absolute Gasteiger partial charge is 0.454 e. The summed E-state index contributed by atoms with van der Waals surface area (Å²) in [5, 5.41) is 0. The summed E-state index contributed by atoms with van der Waals surface area (Å²) in [5.74, 6) is 0. The molecule has 5 heteroatoms. The van der Waals surface area contributed by atoms with Crippen LogP contribution in [0.2, 0.25) is 0 Å². The van der Waals surface area contributed by atoms with Gasteiger partial charge in [-0.1, -0.05) is 12.1 Å². The van der Waals surface area contributed by atoms with Crippen molar-refractivity contribution in [2.75, 3.05) is 0 Å². The van der Waals surface area contributed by atoms with Crippen molar-refractivity contribution >= 4 is 6.47 Å². The minimum absolute atomic E-state index is 0.368. The molecule has 0 aliphatic rings. The van der Waals surface area contributed by atoms with Gasteiger partial charge in [-0.05, 0) is 24.6 Å². The Morgan fingerprint density at radius 2 is 1.88 bits per heavy atom. The number of hydrogen-bond acceptors (Lipinski definition) is 2. The van der Waals surface area contributed by atoms with E-state index in [0.29, 0.717) is 12.0 Å². The average Bonchev–Trinajstić information content (AvgIpc) is 2.17. The van der Waals surface area contributed by atoms with Crippen molar-refractivity contribution in [2.45, 2.75) is 25.6 Å². The van der Waals surface area contributed by atoms with E-state index in [4.69, 9.17) is 0 Å². The molecule has 1 aromatic rings.